The fourth-order valence-corrected chi connectivity index (χ4v) is 1.42. The largest absolute Gasteiger partial charge is 0.375 e. The minimum absolute atomic E-state index is 0.0190. The number of ether oxygens (including phenoxy) is 1. The van der Waals surface area contributed by atoms with Crippen molar-refractivity contribution in [3.63, 3.8) is 0 Å². The molecular weight excluding hydrogens is 210 g/mol. The van der Waals surface area contributed by atoms with Gasteiger partial charge in [-0.1, -0.05) is 50.1 Å². The first-order valence-corrected chi connectivity index (χ1v) is 5.68. The lowest BCUT2D eigenvalue weighted by atomic mass is 10.1. The summed E-state index contributed by atoms with van der Waals surface area (Å²) in [5.41, 5.74) is 0.0190. The van der Waals surface area contributed by atoms with Gasteiger partial charge in [0.25, 0.3) is 5.92 Å². The third-order valence-electron chi connectivity index (χ3n) is 2.37. The maximum Gasteiger partial charge on any atom is 0.296 e. The molecule has 0 radical (unpaired) electrons. The van der Waals surface area contributed by atoms with Crippen LogP contribution in [-0.2, 0) is 10.7 Å². The van der Waals surface area contributed by atoms with Crippen LogP contribution in [0.25, 0.3) is 0 Å². The van der Waals surface area contributed by atoms with Gasteiger partial charge in [0.15, 0.2) is 0 Å². The molecule has 0 aliphatic rings. The van der Waals surface area contributed by atoms with E-state index in [0.717, 1.165) is 19.3 Å². The van der Waals surface area contributed by atoms with E-state index < -0.39 is 12.5 Å². The van der Waals surface area contributed by atoms with Crippen LogP contribution in [0.15, 0.2) is 30.3 Å². The van der Waals surface area contributed by atoms with Gasteiger partial charge in [-0.2, -0.15) is 8.78 Å². The highest BCUT2D eigenvalue weighted by Crippen LogP contribution is 2.27. The Balaban J connectivity index is 2.35. The van der Waals surface area contributed by atoms with E-state index in [-0.39, 0.29) is 5.56 Å². The van der Waals surface area contributed by atoms with Crippen molar-refractivity contribution in [2.45, 2.75) is 32.1 Å². The van der Waals surface area contributed by atoms with Gasteiger partial charge < -0.3 is 4.74 Å². The first-order chi connectivity index (χ1) is 7.67. The molecule has 0 aliphatic carbocycles. The molecule has 0 unspecified atom stereocenters. The van der Waals surface area contributed by atoms with Gasteiger partial charge in [0.2, 0.25) is 0 Å². The highest BCUT2D eigenvalue weighted by molar-refractivity contribution is 5.19. The van der Waals surface area contributed by atoms with Crippen LogP contribution in [-0.4, -0.2) is 13.2 Å². The fraction of sp³-hybridized carbons (Fsp3) is 0.538. The minimum Gasteiger partial charge on any atom is -0.375 e. The van der Waals surface area contributed by atoms with Gasteiger partial charge in [0.05, 0.1) is 0 Å². The SMILES string of the molecule is CCCCCOCC(F)(F)c1ccccc1. The second kappa shape index (κ2) is 6.59. The molecule has 1 rings (SSSR count). The van der Waals surface area contributed by atoms with Gasteiger partial charge in [-0.15, -0.1) is 0 Å². The summed E-state index contributed by atoms with van der Waals surface area (Å²) in [7, 11) is 0. The van der Waals surface area contributed by atoms with Crippen LogP contribution in [0, 0.1) is 0 Å². The zero-order valence-corrected chi connectivity index (χ0v) is 9.59. The standard InChI is InChI=1S/C13H18F2O/c1-2-3-7-10-16-11-13(14,15)12-8-5-4-6-9-12/h4-6,8-9H,2-3,7,10-11H2,1H3. The molecule has 0 aromatic heterocycles. The second-order valence-corrected chi connectivity index (χ2v) is 3.83. The van der Waals surface area contributed by atoms with Crippen LogP contribution < -0.4 is 0 Å². The van der Waals surface area contributed by atoms with E-state index in [2.05, 4.69) is 6.92 Å². The third-order valence-corrected chi connectivity index (χ3v) is 2.37. The summed E-state index contributed by atoms with van der Waals surface area (Å²) in [5.74, 6) is -2.88. The molecule has 0 bridgehead atoms. The Morgan fingerprint density at radius 3 is 2.44 bits per heavy atom. The number of unbranched alkanes of at least 4 members (excludes halogenated alkanes) is 2. The number of hydrogen-bond donors (Lipinski definition) is 0. The molecular formula is C13H18F2O. The molecule has 1 nitrogen and oxygen atoms in total. The Morgan fingerprint density at radius 1 is 1.12 bits per heavy atom. The monoisotopic (exact) mass is 228 g/mol. The predicted molar refractivity (Wildman–Crippen MR) is 60.7 cm³/mol. The van der Waals surface area contributed by atoms with Gasteiger partial charge in [-0.05, 0) is 6.42 Å². The van der Waals surface area contributed by atoms with Crippen LogP contribution in [0.5, 0.6) is 0 Å². The summed E-state index contributed by atoms with van der Waals surface area (Å²) in [6.45, 7) is 1.95. The Bertz CT molecular complexity index is 285. The molecule has 90 valence electrons. The molecule has 0 aliphatic heterocycles. The zero-order chi connectivity index (χ0) is 11.9. The van der Waals surface area contributed by atoms with Crippen molar-refractivity contribution in [3.05, 3.63) is 35.9 Å². The van der Waals surface area contributed by atoms with E-state index >= 15 is 0 Å². The number of rotatable bonds is 7. The summed E-state index contributed by atoms with van der Waals surface area (Å²) >= 11 is 0. The molecule has 16 heavy (non-hydrogen) atoms. The number of alkyl halides is 2. The lowest BCUT2D eigenvalue weighted by molar-refractivity contribution is -0.0831. The van der Waals surface area contributed by atoms with Gasteiger partial charge in [-0.25, -0.2) is 0 Å². The number of halogens is 2. The lowest BCUT2D eigenvalue weighted by Crippen LogP contribution is -2.21. The Morgan fingerprint density at radius 2 is 1.81 bits per heavy atom. The van der Waals surface area contributed by atoms with Crippen LogP contribution in [0.4, 0.5) is 8.78 Å². The van der Waals surface area contributed by atoms with Crippen molar-refractivity contribution in [1.29, 1.82) is 0 Å². The molecule has 0 saturated heterocycles. The molecule has 3 heteroatoms. The number of benzene rings is 1. The first-order valence-electron chi connectivity index (χ1n) is 5.68. The molecule has 0 spiro atoms. The van der Waals surface area contributed by atoms with Crippen molar-refractivity contribution in [1.82, 2.24) is 0 Å². The van der Waals surface area contributed by atoms with Crippen molar-refractivity contribution in [2.75, 3.05) is 13.2 Å². The van der Waals surface area contributed by atoms with Crippen molar-refractivity contribution in [2.24, 2.45) is 0 Å². The maximum atomic E-state index is 13.5. The molecule has 0 heterocycles. The summed E-state index contributed by atoms with van der Waals surface area (Å²) in [6.07, 6.45) is 2.94. The Kier molecular flexibility index (Phi) is 5.39. The molecule has 0 fully saturated rings. The summed E-state index contributed by atoms with van der Waals surface area (Å²) < 4.78 is 32.1. The van der Waals surface area contributed by atoms with Gasteiger partial charge in [0.1, 0.15) is 6.61 Å². The average Bonchev–Trinajstić information content (AvgIpc) is 2.30. The van der Waals surface area contributed by atoms with Crippen LogP contribution in [0.3, 0.4) is 0 Å². The van der Waals surface area contributed by atoms with Gasteiger partial charge >= 0.3 is 0 Å². The maximum absolute atomic E-state index is 13.5. The molecule has 0 N–H and O–H groups in total. The van der Waals surface area contributed by atoms with Crippen LogP contribution >= 0.6 is 0 Å². The quantitative estimate of drug-likeness (QED) is 0.641. The average molecular weight is 228 g/mol. The Labute approximate surface area is 95.4 Å². The smallest absolute Gasteiger partial charge is 0.296 e. The molecule has 0 saturated carbocycles. The Hall–Kier alpha value is -0.960. The topological polar surface area (TPSA) is 9.23 Å². The normalized spacial score (nSPS) is 11.7. The predicted octanol–water partition coefficient (Wildman–Crippen LogP) is 3.99. The van der Waals surface area contributed by atoms with Crippen molar-refractivity contribution in [3.8, 4) is 0 Å². The highest BCUT2D eigenvalue weighted by Gasteiger charge is 2.31. The second-order valence-electron chi connectivity index (χ2n) is 3.83. The van der Waals surface area contributed by atoms with Gasteiger partial charge in [-0.3, -0.25) is 0 Å². The van der Waals surface area contributed by atoms with Crippen LogP contribution in [0.2, 0.25) is 0 Å². The van der Waals surface area contributed by atoms with E-state index in [0.29, 0.717) is 6.61 Å². The fourth-order valence-electron chi connectivity index (χ4n) is 1.42. The van der Waals surface area contributed by atoms with Crippen molar-refractivity contribution >= 4 is 0 Å². The molecule has 1 aromatic rings. The van der Waals surface area contributed by atoms with E-state index in [4.69, 9.17) is 4.74 Å². The van der Waals surface area contributed by atoms with E-state index in [1.165, 1.54) is 12.1 Å². The molecule has 0 amide bonds. The van der Waals surface area contributed by atoms with E-state index in [1.54, 1.807) is 18.2 Å². The minimum atomic E-state index is -2.88. The van der Waals surface area contributed by atoms with Crippen molar-refractivity contribution < 1.29 is 13.5 Å². The summed E-state index contributed by atoms with van der Waals surface area (Å²) in [5, 5.41) is 0. The number of hydrogen-bond acceptors (Lipinski definition) is 1. The lowest BCUT2D eigenvalue weighted by Gasteiger charge is -2.16. The van der Waals surface area contributed by atoms with Gasteiger partial charge in [0, 0.05) is 12.2 Å². The highest BCUT2D eigenvalue weighted by atomic mass is 19.3. The molecule has 1 aromatic carbocycles. The third kappa shape index (κ3) is 4.27. The summed E-state index contributed by atoms with van der Waals surface area (Å²) in [4.78, 5) is 0. The van der Waals surface area contributed by atoms with E-state index in [1.807, 2.05) is 0 Å². The first kappa shape index (κ1) is 13.1. The summed E-state index contributed by atoms with van der Waals surface area (Å²) in [6, 6.07) is 7.80. The van der Waals surface area contributed by atoms with E-state index in [9.17, 15) is 8.78 Å². The molecule has 0 atom stereocenters. The van der Waals surface area contributed by atoms with Crippen LogP contribution in [0.1, 0.15) is 31.7 Å². The zero-order valence-electron chi connectivity index (χ0n) is 9.59.